The average molecular weight is 743 g/mol. The first-order valence-electron chi connectivity index (χ1n) is 19.4. The summed E-state index contributed by atoms with van der Waals surface area (Å²) in [5.74, 6) is 0. The number of rotatable bonds is 6. The van der Waals surface area contributed by atoms with Crippen LogP contribution in [-0.4, -0.2) is 5.71 Å². The van der Waals surface area contributed by atoms with E-state index in [2.05, 4.69) is 179 Å². The van der Waals surface area contributed by atoms with Crippen LogP contribution in [0.3, 0.4) is 0 Å². The van der Waals surface area contributed by atoms with Crippen LogP contribution in [0.25, 0.3) is 60.9 Å². The maximum Gasteiger partial charge on any atom is 0.0639 e. The topological polar surface area (TPSA) is 35.9 Å². The molecular formula is C55H54N2. The molecule has 1 heterocycles. The normalized spacial score (nSPS) is 12.2. The van der Waals surface area contributed by atoms with Crippen LogP contribution in [0, 0.1) is 5.41 Å². The molecule has 2 heteroatoms. The predicted molar refractivity (Wildman–Crippen MR) is 254 cm³/mol. The standard InChI is InChI=1S/C39H26N2.C10H16.2C3H6/c40-35(32-20-18-29-15-14-27-12-7-13-28-19-21-33(32)39(29)38(27)28)24-37-34-22-30(25-8-3-1-4-9-25)16-17-31(34)23-36(41-37)26-10-5-2-6-11-26;1-8(2)6-7-10(5)9(3)4;2*1-3-2/h1-24,40-41H;6-7H,1H2,2-5H3;2*3H,1H2,2H3/b37-24-,40-35?;7-6-;;. The Morgan fingerprint density at radius 2 is 1.16 bits per heavy atom. The van der Waals surface area contributed by atoms with Crippen LogP contribution >= 0.6 is 0 Å². The highest BCUT2D eigenvalue weighted by molar-refractivity contribution is 6.28. The molecule has 1 aliphatic rings. The number of hydrogen-bond acceptors (Lipinski definition) is 2. The third kappa shape index (κ3) is 10.1. The van der Waals surface area contributed by atoms with Gasteiger partial charge in [-0.05, 0) is 114 Å². The lowest BCUT2D eigenvalue weighted by molar-refractivity contribution is 1.22. The van der Waals surface area contributed by atoms with E-state index in [4.69, 9.17) is 0 Å². The lowest BCUT2D eigenvalue weighted by atomic mass is 9.89. The van der Waals surface area contributed by atoms with Gasteiger partial charge in [0.05, 0.1) is 5.71 Å². The Morgan fingerprint density at radius 3 is 1.75 bits per heavy atom. The fourth-order valence-electron chi connectivity index (χ4n) is 6.64. The smallest absolute Gasteiger partial charge is 0.0639 e. The summed E-state index contributed by atoms with van der Waals surface area (Å²) in [5.41, 5.74) is 12.8. The van der Waals surface area contributed by atoms with Gasteiger partial charge in [-0.3, -0.25) is 0 Å². The van der Waals surface area contributed by atoms with E-state index in [1.54, 1.807) is 12.2 Å². The van der Waals surface area contributed by atoms with Gasteiger partial charge < -0.3 is 10.7 Å². The lowest BCUT2D eigenvalue weighted by Gasteiger charge is -2.23. The van der Waals surface area contributed by atoms with E-state index < -0.39 is 0 Å². The number of allylic oxidation sites excluding steroid dienone is 8. The first-order valence-corrected chi connectivity index (χ1v) is 19.4. The molecule has 8 rings (SSSR count). The van der Waals surface area contributed by atoms with Gasteiger partial charge in [0.15, 0.2) is 0 Å². The van der Waals surface area contributed by atoms with E-state index in [-0.39, 0.29) is 0 Å². The summed E-state index contributed by atoms with van der Waals surface area (Å²) in [5, 5.41) is 20.3. The minimum absolute atomic E-state index is 0.482. The van der Waals surface area contributed by atoms with Gasteiger partial charge in [0, 0.05) is 22.5 Å². The van der Waals surface area contributed by atoms with E-state index >= 15 is 0 Å². The third-order valence-electron chi connectivity index (χ3n) is 9.62. The number of nitrogens with one attached hydrogen (secondary N) is 2. The highest BCUT2D eigenvalue weighted by Crippen LogP contribution is 2.37. The Labute approximate surface area is 340 Å². The molecule has 7 aromatic carbocycles. The van der Waals surface area contributed by atoms with Gasteiger partial charge in [-0.2, -0.15) is 0 Å². The zero-order valence-electron chi connectivity index (χ0n) is 34.3. The predicted octanol–water partition coefficient (Wildman–Crippen LogP) is 15.6. The molecule has 0 fully saturated rings. The van der Waals surface area contributed by atoms with Crippen molar-refractivity contribution >= 4 is 55.5 Å². The zero-order chi connectivity index (χ0) is 40.9. The van der Waals surface area contributed by atoms with Crippen molar-refractivity contribution in [2.45, 2.75) is 41.5 Å². The summed E-state index contributed by atoms with van der Waals surface area (Å²) in [6.07, 6.45) is 11.8. The maximum atomic E-state index is 9.37. The second kappa shape index (κ2) is 19.7. The van der Waals surface area contributed by atoms with Crippen LogP contribution in [0.15, 0.2) is 200 Å². The number of hydrogen-bond donors (Lipinski definition) is 2. The van der Waals surface area contributed by atoms with Gasteiger partial charge in [0.2, 0.25) is 0 Å². The molecule has 2 N–H and O–H groups in total. The Balaban J connectivity index is 0.000000332. The first kappa shape index (κ1) is 41.4. The zero-order valence-corrected chi connectivity index (χ0v) is 34.3. The average Bonchev–Trinajstić information content (AvgIpc) is 3.23. The number of benzene rings is 7. The van der Waals surface area contributed by atoms with Gasteiger partial charge in [0.1, 0.15) is 0 Å². The van der Waals surface area contributed by atoms with Crippen molar-refractivity contribution in [3.63, 3.8) is 0 Å². The van der Waals surface area contributed by atoms with E-state index in [0.717, 1.165) is 50.2 Å². The van der Waals surface area contributed by atoms with Crippen molar-refractivity contribution in [1.29, 1.82) is 5.41 Å². The van der Waals surface area contributed by atoms with Crippen LogP contribution in [0.1, 0.15) is 63.8 Å². The molecule has 0 bridgehead atoms. The fraction of sp³-hybridized carbons (Fsp3) is 0.109. The molecule has 0 saturated heterocycles. The molecule has 0 spiro atoms. The van der Waals surface area contributed by atoms with Gasteiger partial charge in [0.25, 0.3) is 0 Å². The van der Waals surface area contributed by atoms with Gasteiger partial charge in [-0.1, -0.05) is 175 Å². The molecule has 284 valence electrons. The van der Waals surface area contributed by atoms with Crippen LogP contribution in [0.4, 0.5) is 0 Å². The molecule has 0 unspecified atom stereocenters. The minimum Gasteiger partial charge on any atom is -0.354 e. The minimum atomic E-state index is 0.482. The Hall–Kier alpha value is -6.77. The van der Waals surface area contributed by atoms with Crippen LogP contribution in [0.5, 0.6) is 0 Å². The summed E-state index contributed by atoms with van der Waals surface area (Å²) >= 11 is 0. The monoisotopic (exact) mass is 742 g/mol. The van der Waals surface area contributed by atoms with Crippen molar-refractivity contribution in [2.24, 2.45) is 0 Å². The van der Waals surface area contributed by atoms with Crippen molar-refractivity contribution in [1.82, 2.24) is 5.32 Å². The largest absolute Gasteiger partial charge is 0.354 e. The molecule has 1 aliphatic heterocycles. The number of fused-ring (bicyclic) bond motifs is 1. The molecule has 57 heavy (non-hydrogen) atoms. The SMILES string of the molecule is C=C(C)/C=C\C(C)=C(C)C.C=CC.C=CC.N=C(/C=C1\NC(c2ccccc2)=Cc2ccc(-c3ccccc3)cc21)c1ccc2ccc3cccc4ccc1c2c34. The van der Waals surface area contributed by atoms with E-state index in [1.165, 1.54) is 43.6 Å². The molecule has 7 aromatic rings. The Morgan fingerprint density at radius 1 is 0.596 bits per heavy atom. The highest BCUT2D eigenvalue weighted by atomic mass is 14.9. The highest BCUT2D eigenvalue weighted by Gasteiger charge is 2.19. The molecule has 2 nitrogen and oxygen atoms in total. The van der Waals surface area contributed by atoms with Crippen LogP contribution in [0.2, 0.25) is 0 Å². The van der Waals surface area contributed by atoms with E-state index in [1.807, 2.05) is 45.1 Å². The summed E-state index contributed by atoms with van der Waals surface area (Å²) in [6, 6.07) is 46.9. The van der Waals surface area contributed by atoms with Crippen molar-refractivity contribution in [3.8, 4) is 11.1 Å². The summed E-state index contributed by atoms with van der Waals surface area (Å²) in [7, 11) is 0. The van der Waals surface area contributed by atoms with Crippen LogP contribution in [-0.2, 0) is 0 Å². The van der Waals surface area contributed by atoms with Gasteiger partial charge in [-0.15, -0.1) is 13.2 Å². The summed E-state index contributed by atoms with van der Waals surface area (Å²) < 4.78 is 0. The molecule has 0 aliphatic carbocycles. The summed E-state index contributed by atoms with van der Waals surface area (Å²) in [6.45, 7) is 22.6. The molecule has 0 radical (unpaired) electrons. The van der Waals surface area contributed by atoms with Gasteiger partial charge in [-0.25, -0.2) is 0 Å². The lowest BCUT2D eigenvalue weighted by Crippen LogP contribution is -2.17. The quantitative estimate of drug-likeness (QED) is 0.0757. The second-order valence-corrected chi connectivity index (χ2v) is 14.3. The van der Waals surface area contributed by atoms with E-state index in [0.29, 0.717) is 5.71 Å². The van der Waals surface area contributed by atoms with Crippen molar-refractivity contribution in [2.75, 3.05) is 0 Å². The third-order valence-corrected chi connectivity index (χ3v) is 9.62. The van der Waals surface area contributed by atoms with E-state index in [9.17, 15) is 5.41 Å². The van der Waals surface area contributed by atoms with Crippen LogP contribution < -0.4 is 5.32 Å². The first-order chi connectivity index (χ1) is 27.6. The fourth-order valence-corrected chi connectivity index (χ4v) is 6.64. The molecule has 0 atom stereocenters. The molecule has 0 aromatic heterocycles. The molecule has 0 saturated carbocycles. The van der Waals surface area contributed by atoms with Crippen molar-refractivity contribution < 1.29 is 0 Å². The van der Waals surface area contributed by atoms with Gasteiger partial charge >= 0.3 is 0 Å². The maximum absolute atomic E-state index is 9.37. The Kier molecular flexibility index (Phi) is 14.3. The molecular weight excluding hydrogens is 689 g/mol. The second-order valence-electron chi connectivity index (χ2n) is 14.3. The van der Waals surface area contributed by atoms with Crippen molar-refractivity contribution in [3.05, 3.63) is 223 Å². The summed E-state index contributed by atoms with van der Waals surface area (Å²) in [4.78, 5) is 0. The molecule has 0 amide bonds. The Bertz CT molecular complexity index is 2620.